The second-order valence-electron chi connectivity index (χ2n) is 7.72. The number of benzene rings is 2. The Hall–Kier alpha value is -3.85. The van der Waals surface area contributed by atoms with Gasteiger partial charge < -0.3 is 19.4 Å². The van der Waals surface area contributed by atoms with Gasteiger partial charge >= 0.3 is 5.00 Å². The Morgan fingerprint density at radius 1 is 1.12 bits per heavy atom. The minimum absolute atomic E-state index is 0.0451. The highest BCUT2D eigenvalue weighted by Crippen LogP contribution is 2.43. The van der Waals surface area contributed by atoms with E-state index in [4.69, 9.17) is 9.47 Å². The van der Waals surface area contributed by atoms with Gasteiger partial charge in [0.1, 0.15) is 0 Å². The van der Waals surface area contributed by atoms with Crippen LogP contribution in [0.4, 0.5) is 5.00 Å². The number of nitrogens with zero attached hydrogens (tertiary/aromatic N) is 2. The molecular weight excluding hydrogens is 430 g/mol. The number of thiophene rings is 1. The lowest BCUT2D eigenvalue weighted by Gasteiger charge is -2.36. The molecule has 1 atom stereocenters. The number of rotatable bonds is 3. The van der Waals surface area contributed by atoms with Crippen LogP contribution >= 0.6 is 11.3 Å². The number of para-hydroxylation sites is 1. The number of H-pyrrole nitrogens is 1. The third-order valence-corrected chi connectivity index (χ3v) is 7.02. The van der Waals surface area contributed by atoms with Gasteiger partial charge in [0.25, 0.3) is 5.91 Å². The molecule has 8 nitrogen and oxygen atoms in total. The number of ether oxygens (including phenoxy) is 2. The smallest absolute Gasteiger partial charge is 0.324 e. The summed E-state index contributed by atoms with van der Waals surface area (Å²) in [4.78, 5) is 29.8. The predicted octanol–water partition coefficient (Wildman–Crippen LogP) is 4.65. The van der Waals surface area contributed by atoms with Gasteiger partial charge in [0.15, 0.2) is 11.5 Å². The Morgan fingerprint density at radius 2 is 1.97 bits per heavy atom. The first-order valence-electron chi connectivity index (χ1n) is 10.1. The lowest BCUT2D eigenvalue weighted by molar-refractivity contribution is -0.380. The number of fused-ring (bicyclic) bond motifs is 4. The van der Waals surface area contributed by atoms with E-state index in [1.165, 1.54) is 17.7 Å². The van der Waals surface area contributed by atoms with Crippen molar-refractivity contribution in [2.45, 2.75) is 12.5 Å². The number of aromatic nitrogens is 1. The maximum absolute atomic E-state index is 13.5. The Kier molecular flexibility index (Phi) is 4.19. The van der Waals surface area contributed by atoms with Gasteiger partial charge in [0.2, 0.25) is 6.79 Å². The van der Waals surface area contributed by atoms with E-state index in [9.17, 15) is 14.9 Å². The lowest BCUT2D eigenvalue weighted by atomic mass is 9.92. The van der Waals surface area contributed by atoms with Crippen molar-refractivity contribution < 1.29 is 19.2 Å². The van der Waals surface area contributed by atoms with Crippen LogP contribution in [-0.2, 0) is 6.42 Å². The van der Waals surface area contributed by atoms with Crippen molar-refractivity contribution in [3.8, 4) is 11.5 Å². The highest BCUT2D eigenvalue weighted by Gasteiger charge is 2.36. The number of amides is 1. The average molecular weight is 447 g/mol. The molecule has 0 spiro atoms. The maximum Gasteiger partial charge on any atom is 0.324 e. The van der Waals surface area contributed by atoms with E-state index in [0.717, 1.165) is 33.5 Å². The molecule has 9 heteroatoms. The van der Waals surface area contributed by atoms with Crippen molar-refractivity contribution in [3.63, 3.8) is 0 Å². The molecule has 32 heavy (non-hydrogen) atoms. The first kappa shape index (κ1) is 18.9. The van der Waals surface area contributed by atoms with Crippen molar-refractivity contribution in [2.24, 2.45) is 0 Å². The molecule has 0 radical (unpaired) electrons. The van der Waals surface area contributed by atoms with Crippen LogP contribution in [0.3, 0.4) is 0 Å². The van der Waals surface area contributed by atoms with E-state index in [-0.39, 0.29) is 23.7 Å². The second kappa shape index (κ2) is 7.10. The fraction of sp³-hybridized carbons (Fsp3) is 0.174. The molecule has 0 fully saturated rings. The highest BCUT2D eigenvalue weighted by molar-refractivity contribution is 7.17. The van der Waals surface area contributed by atoms with E-state index in [1.807, 2.05) is 36.4 Å². The van der Waals surface area contributed by atoms with E-state index >= 15 is 0 Å². The summed E-state index contributed by atoms with van der Waals surface area (Å²) in [6.07, 6.45) is 0.694. The number of hydrogen-bond acceptors (Lipinski definition) is 6. The topological polar surface area (TPSA) is 97.7 Å². The molecule has 0 saturated carbocycles. The molecule has 2 aliphatic rings. The summed E-state index contributed by atoms with van der Waals surface area (Å²) >= 11 is 0.901. The minimum Gasteiger partial charge on any atom is -0.454 e. The van der Waals surface area contributed by atoms with Crippen LogP contribution in [0.2, 0.25) is 0 Å². The Morgan fingerprint density at radius 3 is 2.81 bits per heavy atom. The zero-order valence-electron chi connectivity index (χ0n) is 16.7. The largest absolute Gasteiger partial charge is 0.454 e. The number of carbonyl (C=O) groups excluding carboxylic acids is 1. The van der Waals surface area contributed by atoms with Crippen LogP contribution in [0.5, 0.6) is 11.5 Å². The van der Waals surface area contributed by atoms with Crippen LogP contribution in [0.1, 0.15) is 32.5 Å². The SMILES string of the molecule is O=C(c1ccc([N+](=O)[O-])s1)N1CCc2c([nH]c3ccccc23)C1c1ccc2c(c1)OCO2. The number of nitro groups is 1. The van der Waals surface area contributed by atoms with Crippen molar-refractivity contribution in [2.75, 3.05) is 13.3 Å². The number of nitrogens with one attached hydrogen (secondary N) is 1. The zero-order chi connectivity index (χ0) is 21.8. The van der Waals surface area contributed by atoms with E-state index < -0.39 is 4.92 Å². The molecule has 1 unspecified atom stereocenters. The van der Waals surface area contributed by atoms with Crippen molar-refractivity contribution >= 4 is 33.1 Å². The summed E-state index contributed by atoms with van der Waals surface area (Å²) in [5.74, 6) is 1.09. The first-order valence-corrected chi connectivity index (χ1v) is 11.0. The third kappa shape index (κ3) is 2.85. The molecule has 4 aromatic rings. The van der Waals surface area contributed by atoms with Gasteiger partial charge in [0, 0.05) is 29.2 Å². The molecule has 0 saturated heterocycles. The van der Waals surface area contributed by atoms with E-state index in [1.54, 1.807) is 4.90 Å². The van der Waals surface area contributed by atoms with Crippen LogP contribution in [0, 0.1) is 10.1 Å². The minimum atomic E-state index is -0.469. The van der Waals surface area contributed by atoms with Crippen LogP contribution < -0.4 is 9.47 Å². The molecule has 2 aromatic carbocycles. The molecule has 2 aromatic heterocycles. The molecule has 1 N–H and O–H groups in total. The monoisotopic (exact) mass is 447 g/mol. The van der Waals surface area contributed by atoms with Crippen molar-refractivity contribution in [1.29, 1.82) is 0 Å². The van der Waals surface area contributed by atoms with Crippen molar-refractivity contribution in [1.82, 2.24) is 9.88 Å². The number of aromatic amines is 1. The summed E-state index contributed by atoms with van der Waals surface area (Å²) in [6, 6.07) is 16.3. The van der Waals surface area contributed by atoms with Crippen molar-refractivity contribution in [3.05, 3.63) is 86.4 Å². The predicted molar refractivity (Wildman–Crippen MR) is 118 cm³/mol. The molecule has 1 amide bonds. The third-order valence-electron chi connectivity index (χ3n) is 5.99. The van der Waals surface area contributed by atoms with E-state index in [0.29, 0.717) is 29.3 Å². The molecule has 160 valence electrons. The van der Waals surface area contributed by atoms with Gasteiger partial charge in [-0.25, -0.2) is 0 Å². The summed E-state index contributed by atoms with van der Waals surface area (Å²) in [5, 5.41) is 12.2. The molecule has 4 heterocycles. The highest BCUT2D eigenvalue weighted by atomic mass is 32.1. The maximum atomic E-state index is 13.5. The fourth-order valence-electron chi connectivity index (χ4n) is 4.57. The van der Waals surface area contributed by atoms with Gasteiger partial charge in [-0.15, -0.1) is 0 Å². The second-order valence-corrected chi connectivity index (χ2v) is 8.78. The fourth-order valence-corrected chi connectivity index (χ4v) is 5.35. The zero-order valence-corrected chi connectivity index (χ0v) is 17.6. The standard InChI is InChI=1S/C23H17N3O5S/c27-23(19-7-8-20(32-19)26(28)29)25-10-9-15-14-3-1-2-4-16(14)24-21(15)22(25)13-5-6-17-18(11-13)31-12-30-17/h1-8,11,22,24H,9-10,12H2. The van der Waals surface area contributed by atoms with Gasteiger partial charge in [-0.3, -0.25) is 14.9 Å². The Balaban J connectivity index is 1.49. The summed E-state index contributed by atoms with van der Waals surface area (Å²) in [5.41, 5.74) is 4.05. The Labute approximate surface area is 186 Å². The molecular formula is C23H17N3O5S. The molecule has 0 aliphatic carbocycles. The van der Waals surface area contributed by atoms with Gasteiger partial charge in [-0.1, -0.05) is 35.6 Å². The molecule has 0 bridgehead atoms. The van der Waals surface area contributed by atoms with Gasteiger partial charge in [-0.2, -0.15) is 0 Å². The quantitative estimate of drug-likeness (QED) is 0.364. The lowest BCUT2D eigenvalue weighted by Crippen LogP contribution is -2.40. The Bertz CT molecular complexity index is 1390. The van der Waals surface area contributed by atoms with Crippen LogP contribution in [0.25, 0.3) is 10.9 Å². The van der Waals surface area contributed by atoms with Crippen LogP contribution in [-0.4, -0.2) is 34.1 Å². The van der Waals surface area contributed by atoms with Gasteiger partial charge in [0.05, 0.1) is 15.8 Å². The van der Waals surface area contributed by atoms with Crippen LogP contribution in [0.15, 0.2) is 54.6 Å². The molecule has 6 rings (SSSR count). The summed E-state index contributed by atoms with van der Waals surface area (Å²) in [7, 11) is 0. The van der Waals surface area contributed by atoms with Gasteiger partial charge in [-0.05, 0) is 41.8 Å². The normalized spacial score (nSPS) is 16.9. The number of hydrogen-bond donors (Lipinski definition) is 1. The van der Waals surface area contributed by atoms with E-state index in [2.05, 4.69) is 11.1 Å². The summed E-state index contributed by atoms with van der Waals surface area (Å²) < 4.78 is 11.0. The average Bonchev–Trinajstić information content (AvgIpc) is 3.55. The number of carbonyl (C=O) groups is 1. The first-order chi connectivity index (χ1) is 15.6. The summed E-state index contributed by atoms with van der Waals surface area (Å²) in [6.45, 7) is 0.668. The molecule has 2 aliphatic heterocycles.